The van der Waals surface area contributed by atoms with E-state index < -0.39 is 6.04 Å². The smallest absolute Gasteiger partial charge is 0.242 e. The highest BCUT2D eigenvalue weighted by atomic mass is 35.5. The van der Waals surface area contributed by atoms with Gasteiger partial charge in [-0.2, -0.15) is 0 Å². The Labute approximate surface area is 189 Å². The summed E-state index contributed by atoms with van der Waals surface area (Å²) in [5.41, 5.74) is 3.16. The van der Waals surface area contributed by atoms with Crippen molar-refractivity contribution in [2.45, 2.75) is 58.5 Å². The molecule has 0 aliphatic heterocycles. The number of nitrogens with one attached hydrogen (secondary N) is 1. The minimum atomic E-state index is -0.549. The second-order valence-electron chi connectivity index (χ2n) is 7.53. The van der Waals surface area contributed by atoms with Crippen LogP contribution >= 0.6 is 23.4 Å². The van der Waals surface area contributed by atoms with Gasteiger partial charge in [0, 0.05) is 23.4 Å². The summed E-state index contributed by atoms with van der Waals surface area (Å²) in [6.07, 6.45) is 0.845. The SMILES string of the molecule is CCC(C)NC(=O)C(C)N(Cc1ccccc1C)C(=O)CSCc1ccccc1Cl. The topological polar surface area (TPSA) is 49.4 Å². The zero-order valence-corrected chi connectivity index (χ0v) is 19.7. The minimum Gasteiger partial charge on any atom is -0.352 e. The van der Waals surface area contributed by atoms with Crippen molar-refractivity contribution in [2.75, 3.05) is 5.75 Å². The molecule has 0 aliphatic carbocycles. The summed E-state index contributed by atoms with van der Waals surface area (Å²) in [7, 11) is 0. The molecule has 4 nitrogen and oxygen atoms in total. The summed E-state index contributed by atoms with van der Waals surface area (Å²) in [5.74, 6) is 0.763. The Hall–Kier alpha value is -1.98. The number of carbonyl (C=O) groups is 2. The molecule has 2 aromatic rings. The van der Waals surface area contributed by atoms with Crippen LogP contribution in [0.2, 0.25) is 5.02 Å². The summed E-state index contributed by atoms with van der Waals surface area (Å²) in [6, 6.07) is 15.1. The van der Waals surface area contributed by atoms with Crippen molar-refractivity contribution >= 4 is 35.2 Å². The fraction of sp³-hybridized carbons (Fsp3) is 0.417. The summed E-state index contributed by atoms with van der Waals surface area (Å²) in [6.45, 7) is 8.22. The van der Waals surface area contributed by atoms with Crippen LogP contribution in [-0.4, -0.2) is 34.6 Å². The van der Waals surface area contributed by atoms with Crippen LogP contribution in [0, 0.1) is 6.92 Å². The highest BCUT2D eigenvalue weighted by Gasteiger charge is 2.27. The third kappa shape index (κ3) is 7.06. The van der Waals surface area contributed by atoms with Crippen LogP contribution in [0.25, 0.3) is 0 Å². The number of hydrogen-bond acceptors (Lipinski definition) is 3. The fourth-order valence-electron chi connectivity index (χ4n) is 2.97. The molecule has 0 heterocycles. The van der Waals surface area contributed by atoms with E-state index in [-0.39, 0.29) is 23.6 Å². The molecule has 0 bridgehead atoms. The van der Waals surface area contributed by atoms with Gasteiger partial charge in [0.2, 0.25) is 11.8 Å². The largest absolute Gasteiger partial charge is 0.352 e. The van der Waals surface area contributed by atoms with Gasteiger partial charge in [0.25, 0.3) is 0 Å². The van der Waals surface area contributed by atoms with Gasteiger partial charge >= 0.3 is 0 Å². The van der Waals surface area contributed by atoms with Gasteiger partial charge in [-0.05, 0) is 49.9 Å². The number of carbonyl (C=O) groups excluding carboxylic acids is 2. The van der Waals surface area contributed by atoms with Crippen LogP contribution in [-0.2, 0) is 21.9 Å². The number of amides is 2. The van der Waals surface area contributed by atoms with Crippen molar-refractivity contribution in [1.82, 2.24) is 10.2 Å². The molecule has 2 amide bonds. The van der Waals surface area contributed by atoms with E-state index in [0.29, 0.717) is 17.3 Å². The Morgan fingerprint density at radius 3 is 2.33 bits per heavy atom. The minimum absolute atomic E-state index is 0.0536. The highest BCUT2D eigenvalue weighted by molar-refractivity contribution is 7.99. The zero-order chi connectivity index (χ0) is 22.1. The predicted octanol–water partition coefficient (Wildman–Crippen LogP) is 5.21. The summed E-state index contributed by atoms with van der Waals surface area (Å²) >= 11 is 7.73. The van der Waals surface area contributed by atoms with Crippen molar-refractivity contribution in [3.05, 3.63) is 70.2 Å². The molecule has 1 N–H and O–H groups in total. The van der Waals surface area contributed by atoms with Crippen molar-refractivity contribution in [3.63, 3.8) is 0 Å². The maximum Gasteiger partial charge on any atom is 0.242 e. The lowest BCUT2D eigenvalue weighted by Gasteiger charge is -2.30. The van der Waals surface area contributed by atoms with Gasteiger partial charge < -0.3 is 10.2 Å². The first-order valence-electron chi connectivity index (χ1n) is 10.3. The molecule has 2 aromatic carbocycles. The third-order valence-electron chi connectivity index (χ3n) is 5.21. The van der Waals surface area contributed by atoms with Gasteiger partial charge in [-0.1, -0.05) is 61.0 Å². The third-order valence-corrected chi connectivity index (χ3v) is 6.55. The van der Waals surface area contributed by atoms with E-state index in [9.17, 15) is 9.59 Å². The molecule has 2 rings (SSSR count). The molecule has 0 aliphatic rings. The highest BCUT2D eigenvalue weighted by Crippen LogP contribution is 2.22. The van der Waals surface area contributed by atoms with E-state index in [1.807, 2.05) is 69.3 Å². The lowest BCUT2D eigenvalue weighted by Crippen LogP contribution is -2.50. The number of rotatable bonds is 10. The van der Waals surface area contributed by atoms with Crippen LogP contribution < -0.4 is 5.32 Å². The van der Waals surface area contributed by atoms with E-state index >= 15 is 0 Å². The Morgan fingerprint density at radius 2 is 1.70 bits per heavy atom. The van der Waals surface area contributed by atoms with E-state index in [0.717, 1.165) is 23.1 Å². The van der Waals surface area contributed by atoms with Crippen LogP contribution in [0.3, 0.4) is 0 Å². The maximum absolute atomic E-state index is 13.1. The normalized spacial score (nSPS) is 12.8. The molecule has 6 heteroatoms. The van der Waals surface area contributed by atoms with Crippen LogP contribution in [0.1, 0.15) is 43.9 Å². The molecular weight excluding hydrogens is 416 g/mol. The first-order chi connectivity index (χ1) is 14.3. The predicted molar refractivity (Wildman–Crippen MR) is 127 cm³/mol. The van der Waals surface area contributed by atoms with Gasteiger partial charge in [-0.25, -0.2) is 0 Å². The Bertz CT molecular complexity index is 859. The number of halogens is 1. The number of nitrogens with zero attached hydrogens (tertiary/aromatic N) is 1. The van der Waals surface area contributed by atoms with Crippen molar-refractivity contribution in [3.8, 4) is 0 Å². The molecule has 2 unspecified atom stereocenters. The molecule has 0 spiro atoms. The van der Waals surface area contributed by atoms with Crippen LogP contribution in [0.5, 0.6) is 0 Å². The second-order valence-corrected chi connectivity index (χ2v) is 8.92. The maximum atomic E-state index is 13.1. The molecule has 162 valence electrons. The first kappa shape index (κ1) is 24.3. The Balaban J connectivity index is 2.10. The summed E-state index contributed by atoms with van der Waals surface area (Å²) < 4.78 is 0. The average molecular weight is 447 g/mol. The standard InChI is InChI=1S/C24H31ClN2O2S/c1-5-18(3)26-24(29)19(4)27(14-20-11-7-6-10-17(20)2)23(28)16-30-15-21-12-8-9-13-22(21)25/h6-13,18-19H,5,14-16H2,1-4H3,(H,26,29). The monoisotopic (exact) mass is 446 g/mol. The second kappa shape index (κ2) is 12.0. The molecule has 0 radical (unpaired) electrons. The van der Waals surface area contributed by atoms with Gasteiger partial charge in [0.05, 0.1) is 5.75 Å². The quantitative estimate of drug-likeness (QED) is 0.544. The van der Waals surface area contributed by atoms with E-state index in [1.54, 1.807) is 11.8 Å². The molecule has 0 saturated heterocycles. The average Bonchev–Trinajstić information content (AvgIpc) is 2.73. The Kier molecular flexibility index (Phi) is 9.73. The molecule has 30 heavy (non-hydrogen) atoms. The lowest BCUT2D eigenvalue weighted by atomic mass is 10.1. The molecule has 0 saturated carbocycles. The fourth-order valence-corrected chi connectivity index (χ4v) is 4.16. The molecule has 0 fully saturated rings. The van der Waals surface area contributed by atoms with E-state index in [4.69, 9.17) is 11.6 Å². The molecular formula is C24H31ClN2O2S. The number of aryl methyl sites for hydroxylation is 1. The number of hydrogen-bond donors (Lipinski definition) is 1. The van der Waals surface area contributed by atoms with Gasteiger partial charge in [-0.3, -0.25) is 9.59 Å². The van der Waals surface area contributed by atoms with Crippen LogP contribution in [0.15, 0.2) is 48.5 Å². The molecule has 0 aromatic heterocycles. The molecule has 2 atom stereocenters. The summed E-state index contributed by atoms with van der Waals surface area (Å²) in [4.78, 5) is 27.6. The van der Waals surface area contributed by atoms with Gasteiger partial charge in [-0.15, -0.1) is 11.8 Å². The number of benzene rings is 2. The Morgan fingerprint density at radius 1 is 1.07 bits per heavy atom. The lowest BCUT2D eigenvalue weighted by molar-refractivity contribution is -0.138. The van der Waals surface area contributed by atoms with Crippen molar-refractivity contribution in [2.24, 2.45) is 0 Å². The van der Waals surface area contributed by atoms with Crippen molar-refractivity contribution < 1.29 is 9.59 Å². The van der Waals surface area contributed by atoms with Crippen LogP contribution in [0.4, 0.5) is 0 Å². The van der Waals surface area contributed by atoms with Gasteiger partial charge in [0.15, 0.2) is 0 Å². The van der Waals surface area contributed by atoms with Gasteiger partial charge in [0.1, 0.15) is 6.04 Å². The summed E-state index contributed by atoms with van der Waals surface area (Å²) in [5, 5.41) is 3.70. The van der Waals surface area contributed by atoms with Crippen molar-refractivity contribution in [1.29, 1.82) is 0 Å². The van der Waals surface area contributed by atoms with E-state index in [2.05, 4.69) is 5.32 Å². The zero-order valence-electron chi connectivity index (χ0n) is 18.2. The first-order valence-corrected chi connectivity index (χ1v) is 11.8. The number of thioether (sulfide) groups is 1. The van der Waals surface area contributed by atoms with E-state index in [1.165, 1.54) is 11.8 Å².